The molecule has 0 unspecified atom stereocenters. The Balaban J connectivity index is 2.54. The maximum absolute atomic E-state index is 12.4. The van der Waals surface area contributed by atoms with Crippen molar-refractivity contribution in [2.75, 3.05) is 13.6 Å². The Morgan fingerprint density at radius 3 is 2.62 bits per heavy atom. The highest BCUT2D eigenvalue weighted by molar-refractivity contribution is 5.74. The van der Waals surface area contributed by atoms with Crippen molar-refractivity contribution >= 4 is 5.97 Å². The van der Waals surface area contributed by atoms with Gasteiger partial charge in [-0.15, -0.1) is 0 Å². The second kappa shape index (κ2) is 4.57. The Hall–Kier alpha value is -1.42. The van der Waals surface area contributed by atoms with E-state index in [9.17, 15) is 9.18 Å². The van der Waals surface area contributed by atoms with Crippen LogP contribution < -0.4 is 10.1 Å². The van der Waals surface area contributed by atoms with Gasteiger partial charge in [-0.1, -0.05) is 0 Å². The van der Waals surface area contributed by atoms with Gasteiger partial charge in [0.15, 0.2) is 0 Å². The predicted molar refractivity (Wildman–Crippen MR) is 46.0 cm³/mol. The van der Waals surface area contributed by atoms with E-state index in [1.54, 1.807) is 7.05 Å². The molecule has 70 valence electrons. The van der Waals surface area contributed by atoms with E-state index in [1.807, 2.05) is 0 Å². The molecule has 0 atom stereocenters. The van der Waals surface area contributed by atoms with E-state index in [0.717, 1.165) is 0 Å². The highest BCUT2D eigenvalue weighted by Gasteiger charge is 2.02. The van der Waals surface area contributed by atoms with Crippen LogP contribution in [0.15, 0.2) is 24.3 Å². The van der Waals surface area contributed by atoms with E-state index < -0.39 is 5.97 Å². The number of esters is 1. The third-order valence-electron chi connectivity index (χ3n) is 1.37. The summed E-state index contributed by atoms with van der Waals surface area (Å²) in [5, 5.41) is 2.65. The lowest BCUT2D eigenvalue weighted by atomic mass is 10.3. The third kappa shape index (κ3) is 3.21. The van der Waals surface area contributed by atoms with Gasteiger partial charge in [-0.05, 0) is 31.3 Å². The summed E-state index contributed by atoms with van der Waals surface area (Å²) < 4.78 is 17.3. The molecule has 0 aliphatic carbocycles. The predicted octanol–water partition coefficient (Wildman–Crippen LogP) is 0.950. The molecule has 0 heterocycles. The number of rotatable bonds is 3. The molecule has 1 aromatic rings. The molecule has 1 aromatic carbocycles. The first-order valence-corrected chi connectivity index (χ1v) is 3.83. The summed E-state index contributed by atoms with van der Waals surface area (Å²) in [5.41, 5.74) is 0. The lowest BCUT2D eigenvalue weighted by Gasteiger charge is -2.02. The van der Waals surface area contributed by atoms with Crippen molar-refractivity contribution < 1.29 is 13.9 Å². The van der Waals surface area contributed by atoms with Crippen LogP contribution in [0.1, 0.15) is 0 Å². The normalized spacial score (nSPS) is 9.69. The standard InChI is InChI=1S/C9H10FNO2/c1-11-6-9(12)13-8-4-2-7(10)3-5-8/h2-5,11H,6H2,1H3. The van der Waals surface area contributed by atoms with E-state index in [4.69, 9.17) is 4.74 Å². The molecular weight excluding hydrogens is 173 g/mol. The number of benzene rings is 1. The first-order chi connectivity index (χ1) is 6.22. The molecule has 0 fully saturated rings. The highest BCUT2D eigenvalue weighted by atomic mass is 19.1. The first kappa shape index (κ1) is 9.67. The van der Waals surface area contributed by atoms with Crippen LogP contribution in [-0.4, -0.2) is 19.6 Å². The zero-order valence-corrected chi connectivity index (χ0v) is 7.21. The minimum atomic E-state index is -0.394. The Kier molecular flexibility index (Phi) is 3.40. The van der Waals surface area contributed by atoms with Crippen LogP contribution in [0.5, 0.6) is 5.75 Å². The molecule has 0 aliphatic rings. The zero-order chi connectivity index (χ0) is 9.68. The van der Waals surface area contributed by atoms with E-state index in [-0.39, 0.29) is 12.4 Å². The number of carbonyl (C=O) groups excluding carboxylic acids is 1. The molecule has 3 nitrogen and oxygen atoms in total. The van der Waals surface area contributed by atoms with Crippen molar-refractivity contribution in [2.24, 2.45) is 0 Å². The van der Waals surface area contributed by atoms with Crippen LogP contribution in [0.2, 0.25) is 0 Å². The molecule has 0 aromatic heterocycles. The zero-order valence-electron chi connectivity index (χ0n) is 7.21. The Morgan fingerprint density at radius 1 is 1.46 bits per heavy atom. The molecule has 1 N–H and O–H groups in total. The Morgan fingerprint density at radius 2 is 2.08 bits per heavy atom. The van der Waals surface area contributed by atoms with E-state index in [0.29, 0.717) is 5.75 Å². The van der Waals surface area contributed by atoms with Crippen LogP contribution in [0.4, 0.5) is 4.39 Å². The third-order valence-corrected chi connectivity index (χ3v) is 1.37. The molecule has 0 amide bonds. The van der Waals surface area contributed by atoms with Gasteiger partial charge in [-0.3, -0.25) is 4.79 Å². The number of likely N-dealkylation sites (N-methyl/N-ethyl adjacent to an activating group) is 1. The average Bonchev–Trinajstić information content (AvgIpc) is 2.09. The van der Waals surface area contributed by atoms with Gasteiger partial charge in [0, 0.05) is 0 Å². The fraction of sp³-hybridized carbons (Fsp3) is 0.222. The number of carbonyl (C=O) groups is 1. The van der Waals surface area contributed by atoms with Crippen molar-refractivity contribution in [3.05, 3.63) is 30.1 Å². The Labute approximate surface area is 75.5 Å². The fourth-order valence-electron chi connectivity index (χ4n) is 0.815. The van der Waals surface area contributed by atoms with Gasteiger partial charge in [-0.2, -0.15) is 0 Å². The van der Waals surface area contributed by atoms with Gasteiger partial charge in [0.05, 0.1) is 6.54 Å². The van der Waals surface area contributed by atoms with Crippen molar-refractivity contribution in [3.8, 4) is 5.75 Å². The van der Waals surface area contributed by atoms with Gasteiger partial charge >= 0.3 is 5.97 Å². The summed E-state index contributed by atoms with van der Waals surface area (Å²) in [6, 6.07) is 5.29. The minimum Gasteiger partial charge on any atom is -0.426 e. The van der Waals surface area contributed by atoms with E-state index >= 15 is 0 Å². The summed E-state index contributed by atoms with van der Waals surface area (Å²) in [5.74, 6) is -0.399. The molecule has 4 heteroatoms. The van der Waals surface area contributed by atoms with Crippen molar-refractivity contribution in [2.45, 2.75) is 0 Å². The largest absolute Gasteiger partial charge is 0.426 e. The second-order valence-corrected chi connectivity index (χ2v) is 2.46. The lowest BCUT2D eigenvalue weighted by molar-refractivity contribution is -0.133. The summed E-state index contributed by atoms with van der Waals surface area (Å²) in [7, 11) is 1.64. The molecule has 13 heavy (non-hydrogen) atoms. The number of ether oxygens (including phenoxy) is 1. The van der Waals surface area contributed by atoms with Gasteiger partial charge in [0.2, 0.25) is 0 Å². The summed E-state index contributed by atoms with van der Waals surface area (Å²) in [6.45, 7) is 0.136. The number of hydrogen-bond acceptors (Lipinski definition) is 3. The van der Waals surface area contributed by atoms with E-state index in [2.05, 4.69) is 5.32 Å². The highest BCUT2D eigenvalue weighted by Crippen LogP contribution is 2.10. The molecule has 0 bridgehead atoms. The first-order valence-electron chi connectivity index (χ1n) is 3.83. The molecular formula is C9H10FNO2. The van der Waals surface area contributed by atoms with Crippen LogP contribution in [0.3, 0.4) is 0 Å². The second-order valence-electron chi connectivity index (χ2n) is 2.46. The number of nitrogens with one attached hydrogen (secondary N) is 1. The SMILES string of the molecule is CNCC(=O)Oc1ccc(F)cc1. The van der Waals surface area contributed by atoms with Crippen molar-refractivity contribution in [1.82, 2.24) is 5.32 Å². The topological polar surface area (TPSA) is 38.3 Å². The number of halogens is 1. The summed E-state index contributed by atoms with van der Waals surface area (Å²) >= 11 is 0. The van der Waals surface area contributed by atoms with Gasteiger partial charge in [0.25, 0.3) is 0 Å². The number of hydrogen-bond donors (Lipinski definition) is 1. The smallest absolute Gasteiger partial charge is 0.325 e. The van der Waals surface area contributed by atoms with Gasteiger partial charge < -0.3 is 10.1 Å². The summed E-state index contributed by atoms with van der Waals surface area (Å²) in [4.78, 5) is 10.9. The van der Waals surface area contributed by atoms with Crippen molar-refractivity contribution in [3.63, 3.8) is 0 Å². The van der Waals surface area contributed by atoms with Gasteiger partial charge in [-0.25, -0.2) is 4.39 Å². The van der Waals surface area contributed by atoms with Crippen molar-refractivity contribution in [1.29, 1.82) is 0 Å². The maximum atomic E-state index is 12.4. The van der Waals surface area contributed by atoms with Gasteiger partial charge in [0.1, 0.15) is 11.6 Å². The van der Waals surface area contributed by atoms with Crippen LogP contribution in [0.25, 0.3) is 0 Å². The molecule has 0 saturated carbocycles. The summed E-state index contributed by atoms with van der Waals surface area (Å²) in [6.07, 6.45) is 0. The van der Waals surface area contributed by atoms with Crippen LogP contribution in [-0.2, 0) is 4.79 Å². The monoisotopic (exact) mass is 183 g/mol. The molecule has 0 spiro atoms. The fourth-order valence-corrected chi connectivity index (χ4v) is 0.815. The van der Waals surface area contributed by atoms with Crippen LogP contribution >= 0.6 is 0 Å². The molecule has 1 rings (SSSR count). The van der Waals surface area contributed by atoms with E-state index in [1.165, 1.54) is 24.3 Å². The quantitative estimate of drug-likeness (QED) is 0.560. The Bertz CT molecular complexity index is 284. The molecule has 0 aliphatic heterocycles. The lowest BCUT2D eigenvalue weighted by Crippen LogP contribution is -2.23. The molecule has 0 saturated heterocycles. The molecule has 0 radical (unpaired) electrons. The average molecular weight is 183 g/mol. The minimum absolute atomic E-state index is 0.136. The maximum Gasteiger partial charge on any atom is 0.325 e. The van der Waals surface area contributed by atoms with Crippen LogP contribution in [0, 0.1) is 5.82 Å².